The third kappa shape index (κ3) is 3.12. The van der Waals surface area contributed by atoms with Crippen LogP contribution >= 0.6 is 11.6 Å². The van der Waals surface area contributed by atoms with Gasteiger partial charge in [0.1, 0.15) is 5.82 Å². The highest BCUT2D eigenvalue weighted by Crippen LogP contribution is 2.18. The van der Waals surface area contributed by atoms with Gasteiger partial charge in [-0.3, -0.25) is 4.79 Å². The maximum Gasteiger partial charge on any atom is 0.257 e. The number of anilines is 1. The number of nitrogens with one attached hydrogen (secondary N) is 1. The lowest BCUT2D eigenvalue weighted by molar-refractivity contribution is 0.102. The predicted molar refractivity (Wildman–Crippen MR) is 77.9 cm³/mol. The van der Waals surface area contributed by atoms with Gasteiger partial charge < -0.3 is 5.32 Å². The number of carbonyl (C=O) groups is 1. The maximum absolute atomic E-state index is 12.3. The number of hydrogen-bond acceptors (Lipinski definition) is 2. The first kappa shape index (κ1) is 13.6. The van der Waals surface area contributed by atoms with E-state index in [2.05, 4.69) is 10.3 Å². The summed E-state index contributed by atoms with van der Waals surface area (Å²) in [6.07, 6.45) is 1.51. The topological polar surface area (TPSA) is 42.0 Å². The Morgan fingerprint density at radius 3 is 2.32 bits per heavy atom. The van der Waals surface area contributed by atoms with Crippen molar-refractivity contribution in [1.82, 2.24) is 4.98 Å². The van der Waals surface area contributed by atoms with Crippen molar-refractivity contribution in [2.45, 2.75) is 20.8 Å². The molecule has 0 aliphatic rings. The second kappa shape index (κ2) is 5.41. The van der Waals surface area contributed by atoms with Gasteiger partial charge in [0.15, 0.2) is 0 Å². The second-order valence-corrected chi connectivity index (χ2v) is 5.03. The molecular weight excluding hydrogens is 260 g/mol. The highest BCUT2D eigenvalue weighted by Gasteiger charge is 2.13. The SMILES string of the molecule is Cc1cc(C)c(C(=O)Nc2ccc(Cl)cn2)c(C)c1. The summed E-state index contributed by atoms with van der Waals surface area (Å²) in [6.45, 7) is 5.89. The monoisotopic (exact) mass is 274 g/mol. The van der Waals surface area contributed by atoms with Crippen LogP contribution in [0.25, 0.3) is 0 Å². The van der Waals surface area contributed by atoms with Gasteiger partial charge in [-0.2, -0.15) is 0 Å². The largest absolute Gasteiger partial charge is 0.307 e. The van der Waals surface area contributed by atoms with Gasteiger partial charge in [-0.15, -0.1) is 0 Å². The Hall–Kier alpha value is -1.87. The smallest absolute Gasteiger partial charge is 0.257 e. The summed E-state index contributed by atoms with van der Waals surface area (Å²) in [6, 6.07) is 7.37. The zero-order valence-electron chi connectivity index (χ0n) is 11.1. The first-order chi connectivity index (χ1) is 8.97. The van der Waals surface area contributed by atoms with Crippen LogP contribution in [0.2, 0.25) is 5.02 Å². The van der Waals surface area contributed by atoms with E-state index in [-0.39, 0.29) is 5.91 Å². The number of halogens is 1. The first-order valence-corrected chi connectivity index (χ1v) is 6.36. The Labute approximate surface area is 117 Å². The van der Waals surface area contributed by atoms with Gasteiger partial charge in [-0.25, -0.2) is 4.98 Å². The zero-order chi connectivity index (χ0) is 14.0. The van der Waals surface area contributed by atoms with E-state index in [1.165, 1.54) is 6.20 Å². The van der Waals surface area contributed by atoms with Crippen LogP contribution in [0.3, 0.4) is 0 Å². The van der Waals surface area contributed by atoms with E-state index in [4.69, 9.17) is 11.6 Å². The number of rotatable bonds is 2. The highest BCUT2D eigenvalue weighted by atomic mass is 35.5. The maximum atomic E-state index is 12.3. The average Bonchev–Trinajstić information content (AvgIpc) is 2.30. The number of aryl methyl sites for hydroxylation is 3. The molecule has 3 nitrogen and oxygen atoms in total. The van der Waals surface area contributed by atoms with E-state index in [0.29, 0.717) is 16.4 Å². The molecule has 0 saturated heterocycles. The zero-order valence-corrected chi connectivity index (χ0v) is 11.9. The van der Waals surface area contributed by atoms with Gasteiger partial charge >= 0.3 is 0 Å². The molecule has 0 spiro atoms. The summed E-state index contributed by atoms with van der Waals surface area (Å²) in [4.78, 5) is 16.3. The molecule has 0 atom stereocenters. The summed E-state index contributed by atoms with van der Waals surface area (Å²) in [5, 5.41) is 3.32. The number of nitrogens with zero attached hydrogens (tertiary/aromatic N) is 1. The summed E-state index contributed by atoms with van der Waals surface area (Å²) >= 11 is 5.76. The van der Waals surface area contributed by atoms with Gasteiger partial charge in [0.2, 0.25) is 0 Å². The van der Waals surface area contributed by atoms with Crippen molar-refractivity contribution < 1.29 is 4.79 Å². The molecule has 98 valence electrons. The number of hydrogen-bond donors (Lipinski definition) is 1. The fourth-order valence-corrected chi connectivity index (χ4v) is 2.28. The number of benzene rings is 1. The molecule has 0 aliphatic heterocycles. The molecule has 1 heterocycles. The summed E-state index contributed by atoms with van der Waals surface area (Å²) < 4.78 is 0. The van der Waals surface area contributed by atoms with E-state index in [9.17, 15) is 4.79 Å². The highest BCUT2D eigenvalue weighted by molar-refractivity contribution is 6.30. The second-order valence-electron chi connectivity index (χ2n) is 4.59. The summed E-state index contributed by atoms with van der Waals surface area (Å²) in [5.74, 6) is 0.346. The molecular formula is C15H15ClN2O. The Balaban J connectivity index is 2.28. The fourth-order valence-electron chi connectivity index (χ4n) is 2.17. The number of carbonyl (C=O) groups excluding carboxylic acids is 1. The molecule has 1 N–H and O–H groups in total. The summed E-state index contributed by atoms with van der Waals surface area (Å²) in [7, 11) is 0. The van der Waals surface area contributed by atoms with Gasteiger partial charge in [0, 0.05) is 11.8 Å². The van der Waals surface area contributed by atoms with Crippen LogP contribution in [-0.2, 0) is 0 Å². The number of aromatic nitrogens is 1. The Morgan fingerprint density at radius 1 is 1.16 bits per heavy atom. The molecule has 0 saturated carbocycles. The number of pyridine rings is 1. The minimum absolute atomic E-state index is 0.148. The standard InChI is InChI=1S/C15H15ClN2O/c1-9-6-10(2)14(11(3)7-9)15(19)18-13-5-4-12(16)8-17-13/h4-8H,1-3H3,(H,17,18,19). The average molecular weight is 275 g/mol. The van der Waals surface area contributed by atoms with Crippen molar-refractivity contribution in [3.8, 4) is 0 Å². The lowest BCUT2D eigenvalue weighted by Gasteiger charge is -2.11. The molecule has 19 heavy (non-hydrogen) atoms. The van der Waals surface area contributed by atoms with E-state index < -0.39 is 0 Å². The van der Waals surface area contributed by atoms with Crippen molar-refractivity contribution in [3.05, 3.63) is 57.7 Å². The molecule has 0 radical (unpaired) electrons. The molecule has 0 aliphatic carbocycles. The molecule has 1 aromatic carbocycles. The molecule has 2 rings (SSSR count). The van der Waals surface area contributed by atoms with Gasteiger partial charge in [-0.1, -0.05) is 29.3 Å². The van der Waals surface area contributed by atoms with Crippen LogP contribution in [0.5, 0.6) is 0 Å². The lowest BCUT2D eigenvalue weighted by atomic mass is 9.99. The third-order valence-electron chi connectivity index (χ3n) is 2.87. The molecule has 2 aromatic rings. The van der Waals surface area contributed by atoms with Crippen molar-refractivity contribution in [2.24, 2.45) is 0 Å². The first-order valence-electron chi connectivity index (χ1n) is 5.98. The summed E-state index contributed by atoms with van der Waals surface area (Å²) in [5.41, 5.74) is 3.77. The molecule has 4 heteroatoms. The van der Waals surface area contributed by atoms with E-state index in [0.717, 1.165) is 16.7 Å². The third-order valence-corrected chi connectivity index (χ3v) is 3.10. The van der Waals surface area contributed by atoms with Crippen LogP contribution in [0.1, 0.15) is 27.0 Å². The van der Waals surface area contributed by atoms with E-state index in [1.54, 1.807) is 12.1 Å². The molecule has 0 unspecified atom stereocenters. The van der Waals surface area contributed by atoms with E-state index in [1.807, 2.05) is 32.9 Å². The van der Waals surface area contributed by atoms with Gasteiger partial charge in [0.05, 0.1) is 5.02 Å². The van der Waals surface area contributed by atoms with Crippen LogP contribution in [0.4, 0.5) is 5.82 Å². The Kier molecular flexibility index (Phi) is 3.86. The van der Waals surface area contributed by atoms with Crippen LogP contribution in [0, 0.1) is 20.8 Å². The Morgan fingerprint density at radius 2 is 1.79 bits per heavy atom. The van der Waals surface area contributed by atoms with Crippen molar-refractivity contribution in [2.75, 3.05) is 5.32 Å². The fraction of sp³-hybridized carbons (Fsp3) is 0.200. The molecule has 0 fully saturated rings. The van der Waals surface area contributed by atoms with Gasteiger partial charge in [-0.05, 0) is 44.0 Å². The molecule has 1 aromatic heterocycles. The van der Waals surface area contributed by atoms with Crippen LogP contribution < -0.4 is 5.32 Å². The molecule has 0 bridgehead atoms. The van der Waals surface area contributed by atoms with Crippen molar-refractivity contribution in [3.63, 3.8) is 0 Å². The normalized spacial score (nSPS) is 10.3. The number of amides is 1. The predicted octanol–water partition coefficient (Wildman–Crippen LogP) is 3.91. The van der Waals surface area contributed by atoms with Gasteiger partial charge in [0.25, 0.3) is 5.91 Å². The van der Waals surface area contributed by atoms with Crippen molar-refractivity contribution in [1.29, 1.82) is 0 Å². The van der Waals surface area contributed by atoms with Crippen LogP contribution in [0.15, 0.2) is 30.5 Å². The Bertz CT molecular complexity index is 598. The van der Waals surface area contributed by atoms with Crippen LogP contribution in [-0.4, -0.2) is 10.9 Å². The van der Waals surface area contributed by atoms with Crippen molar-refractivity contribution >= 4 is 23.3 Å². The minimum Gasteiger partial charge on any atom is -0.307 e. The minimum atomic E-state index is -0.148. The lowest BCUT2D eigenvalue weighted by Crippen LogP contribution is -2.16. The van der Waals surface area contributed by atoms with E-state index >= 15 is 0 Å². The quantitative estimate of drug-likeness (QED) is 0.902. The molecule has 1 amide bonds.